The standard InChI is InChI=1S/C30H33N.C16H13N/c1-4-7-18-29(6-3)31(24-23-27-17-13-8-10-14-25(27)5-2)30-21-19-28(20-22-30)26-15-11-9-12-16-26;1-2-8-15(9-3-1)17-16-11-10-13-6-4-5-7-14(13)12-16/h4-7,9-17,19-23H,8,18,24H2,1-3H3;1-12,17H/b7-4-,25-5-,27-23-,29-6+;. The second-order valence-corrected chi connectivity index (χ2v) is 11.6. The van der Waals surface area contributed by atoms with E-state index in [1.807, 2.05) is 18.2 Å². The smallest absolute Gasteiger partial charge is 0.0417 e. The minimum atomic E-state index is 0.826. The third-order valence-corrected chi connectivity index (χ3v) is 8.35. The molecule has 0 heterocycles. The summed E-state index contributed by atoms with van der Waals surface area (Å²) in [6, 6.07) is 44.5. The van der Waals surface area contributed by atoms with Crippen LogP contribution in [0.2, 0.25) is 0 Å². The fraction of sp³-hybridized carbons (Fsp3) is 0.130. The average Bonchev–Trinajstić information content (AvgIpc) is 3.39. The van der Waals surface area contributed by atoms with Crippen molar-refractivity contribution in [3.8, 4) is 11.1 Å². The second kappa shape index (κ2) is 17.9. The van der Waals surface area contributed by atoms with Crippen LogP contribution < -0.4 is 10.2 Å². The molecule has 2 nitrogen and oxygen atoms in total. The van der Waals surface area contributed by atoms with E-state index in [1.54, 1.807) is 0 Å². The summed E-state index contributed by atoms with van der Waals surface area (Å²) in [5.74, 6) is 0. The minimum absolute atomic E-state index is 0.826. The van der Waals surface area contributed by atoms with Crippen molar-refractivity contribution in [1.82, 2.24) is 0 Å². The summed E-state index contributed by atoms with van der Waals surface area (Å²) < 4.78 is 0. The summed E-state index contributed by atoms with van der Waals surface area (Å²) in [7, 11) is 0. The Kier molecular flexibility index (Phi) is 12.6. The summed E-state index contributed by atoms with van der Waals surface area (Å²) in [5.41, 5.74) is 9.80. The molecule has 0 saturated carbocycles. The number of nitrogens with one attached hydrogen (secondary N) is 1. The monoisotopic (exact) mass is 626 g/mol. The van der Waals surface area contributed by atoms with Crippen LogP contribution in [-0.2, 0) is 0 Å². The maximum Gasteiger partial charge on any atom is 0.0417 e. The van der Waals surface area contributed by atoms with Crippen molar-refractivity contribution in [2.45, 2.75) is 33.6 Å². The predicted molar refractivity (Wildman–Crippen MR) is 211 cm³/mol. The maximum atomic E-state index is 3.40. The maximum absolute atomic E-state index is 3.40. The zero-order valence-corrected chi connectivity index (χ0v) is 28.4. The molecule has 240 valence electrons. The summed E-state index contributed by atoms with van der Waals surface area (Å²) in [4.78, 5) is 2.41. The van der Waals surface area contributed by atoms with Gasteiger partial charge in [0.15, 0.2) is 0 Å². The van der Waals surface area contributed by atoms with Gasteiger partial charge in [0.2, 0.25) is 0 Å². The van der Waals surface area contributed by atoms with Crippen LogP contribution in [0.25, 0.3) is 21.9 Å². The molecule has 0 atom stereocenters. The van der Waals surface area contributed by atoms with Gasteiger partial charge >= 0.3 is 0 Å². The van der Waals surface area contributed by atoms with Gasteiger partial charge in [-0.05, 0) is 96.6 Å². The van der Waals surface area contributed by atoms with Crippen molar-refractivity contribution in [1.29, 1.82) is 0 Å². The largest absolute Gasteiger partial charge is 0.356 e. The van der Waals surface area contributed by atoms with Crippen LogP contribution in [0.1, 0.15) is 33.6 Å². The number of nitrogens with zero attached hydrogens (tertiary/aromatic N) is 1. The fourth-order valence-corrected chi connectivity index (χ4v) is 5.73. The lowest BCUT2D eigenvalue weighted by Gasteiger charge is -2.27. The molecule has 1 aliphatic rings. The van der Waals surface area contributed by atoms with Crippen molar-refractivity contribution in [3.63, 3.8) is 0 Å². The Labute approximate surface area is 287 Å². The van der Waals surface area contributed by atoms with Gasteiger partial charge in [-0.15, -0.1) is 0 Å². The quantitative estimate of drug-likeness (QED) is 0.164. The van der Waals surface area contributed by atoms with E-state index in [0.717, 1.165) is 30.8 Å². The van der Waals surface area contributed by atoms with Crippen LogP contribution >= 0.6 is 0 Å². The second-order valence-electron chi connectivity index (χ2n) is 11.6. The SMILES string of the molecule is C/C=C\C/C(=C\C)N(C/C=C1/C=CCC=C/C1=C/C)c1ccc(-c2ccccc2)cc1.c1ccc(Nc2ccc3ccccc3c2)cc1. The van der Waals surface area contributed by atoms with E-state index in [1.165, 1.54) is 44.4 Å². The van der Waals surface area contributed by atoms with Gasteiger partial charge in [-0.1, -0.05) is 146 Å². The van der Waals surface area contributed by atoms with Gasteiger partial charge in [0, 0.05) is 35.7 Å². The topological polar surface area (TPSA) is 15.3 Å². The molecule has 2 heteroatoms. The molecule has 0 saturated heterocycles. The Morgan fingerprint density at radius 1 is 0.646 bits per heavy atom. The first-order chi connectivity index (χ1) is 23.7. The third-order valence-electron chi connectivity index (χ3n) is 8.35. The highest BCUT2D eigenvalue weighted by Gasteiger charge is 2.11. The molecule has 0 unspecified atom stereocenters. The summed E-state index contributed by atoms with van der Waals surface area (Å²) in [6.45, 7) is 7.14. The van der Waals surface area contributed by atoms with Crippen LogP contribution in [-0.4, -0.2) is 6.54 Å². The van der Waals surface area contributed by atoms with Crippen LogP contribution in [0.3, 0.4) is 0 Å². The molecular formula is C46H46N2. The van der Waals surface area contributed by atoms with E-state index in [2.05, 4.69) is 195 Å². The molecule has 0 aliphatic heterocycles. The molecule has 0 spiro atoms. The average molecular weight is 627 g/mol. The Morgan fingerprint density at radius 3 is 1.98 bits per heavy atom. The molecule has 0 aromatic heterocycles. The van der Waals surface area contributed by atoms with Crippen molar-refractivity contribution < 1.29 is 0 Å². The minimum Gasteiger partial charge on any atom is -0.356 e. The van der Waals surface area contributed by atoms with Gasteiger partial charge in [-0.3, -0.25) is 0 Å². The molecule has 48 heavy (non-hydrogen) atoms. The Morgan fingerprint density at radius 2 is 1.29 bits per heavy atom. The normalized spacial score (nSPS) is 14.6. The number of fused-ring (bicyclic) bond motifs is 1. The summed E-state index contributed by atoms with van der Waals surface area (Å²) in [5, 5.41) is 5.92. The third kappa shape index (κ3) is 9.47. The van der Waals surface area contributed by atoms with E-state index in [4.69, 9.17) is 0 Å². The molecule has 1 aliphatic carbocycles. The summed E-state index contributed by atoms with van der Waals surface area (Å²) in [6.07, 6.45) is 21.9. The van der Waals surface area contributed by atoms with E-state index in [0.29, 0.717) is 0 Å². The molecule has 1 N–H and O–H groups in total. The predicted octanol–water partition coefficient (Wildman–Crippen LogP) is 13.0. The van der Waals surface area contributed by atoms with E-state index < -0.39 is 0 Å². The van der Waals surface area contributed by atoms with Crippen LogP contribution in [0.15, 0.2) is 199 Å². The molecular weight excluding hydrogens is 581 g/mol. The Bertz CT molecular complexity index is 1920. The first-order valence-corrected chi connectivity index (χ1v) is 16.9. The lowest BCUT2D eigenvalue weighted by atomic mass is 10.0. The van der Waals surface area contributed by atoms with Gasteiger partial charge in [-0.25, -0.2) is 0 Å². The Balaban J connectivity index is 0.000000221. The van der Waals surface area contributed by atoms with Crippen LogP contribution in [0.5, 0.6) is 0 Å². The highest BCUT2D eigenvalue weighted by molar-refractivity contribution is 5.86. The molecule has 0 amide bonds. The number of hydrogen-bond acceptors (Lipinski definition) is 2. The van der Waals surface area contributed by atoms with Crippen LogP contribution in [0, 0.1) is 0 Å². The van der Waals surface area contributed by atoms with Gasteiger partial charge in [0.1, 0.15) is 0 Å². The lowest BCUT2D eigenvalue weighted by Crippen LogP contribution is -2.22. The highest BCUT2D eigenvalue weighted by Crippen LogP contribution is 2.28. The van der Waals surface area contributed by atoms with Crippen molar-refractivity contribution in [2.75, 3.05) is 16.8 Å². The highest BCUT2D eigenvalue weighted by atomic mass is 15.1. The van der Waals surface area contributed by atoms with E-state index in [-0.39, 0.29) is 0 Å². The van der Waals surface area contributed by atoms with Gasteiger partial charge in [-0.2, -0.15) is 0 Å². The Hall–Kier alpha value is -5.60. The summed E-state index contributed by atoms with van der Waals surface area (Å²) >= 11 is 0. The first kappa shape index (κ1) is 33.8. The molecule has 5 aromatic carbocycles. The van der Waals surface area contributed by atoms with E-state index in [9.17, 15) is 0 Å². The molecule has 0 fully saturated rings. The number of hydrogen-bond donors (Lipinski definition) is 1. The molecule has 0 bridgehead atoms. The molecule has 0 radical (unpaired) electrons. The van der Waals surface area contributed by atoms with E-state index >= 15 is 0 Å². The van der Waals surface area contributed by atoms with Gasteiger partial charge in [0.25, 0.3) is 0 Å². The van der Waals surface area contributed by atoms with Gasteiger partial charge < -0.3 is 10.2 Å². The molecule has 5 aromatic rings. The number of rotatable bonds is 9. The van der Waals surface area contributed by atoms with Crippen molar-refractivity contribution in [3.05, 3.63) is 199 Å². The van der Waals surface area contributed by atoms with Crippen molar-refractivity contribution in [2.24, 2.45) is 0 Å². The van der Waals surface area contributed by atoms with Crippen molar-refractivity contribution >= 4 is 27.8 Å². The number of benzene rings is 5. The number of para-hydroxylation sites is 1. The number of anilines is 3. The van der Waals surface area contributed by atoms with Crippen LogP contribution in [0.4, 0.5) is 17.1 Å². The molecule has 6 rings (SSSR count). The van der Waals surface area contributed by atoms with Gasteiger partial charge in [0.05, 0.1) is 0 Å². The zero-order valence-electron chi connectivity index (χ0n) is 28.4. The fourth-order valence-electron chi connectivity index (χ4n) is 5.73. The number of allylic oxidation sites excluding steroid dienone is 10. The zero-order chi connectivity index (χ0) is 33.4. The first-order valence-electron chi connectivity index (χ1n) is 16.9. The lowest BCUT2D eigenvalue weighted by molar-refractivity contribution is 0.957.